The maximum absolute atomic E-state index is 11.2. The van der Waals surface area contributed by atoms with E-state index in [0.717, 1.165) is 0 Å². The number of nitrogens with one attached hydrogen (secondary N) is 1. The fourth-order valence-electron chi connectivity index (χ4n) is 1.94. The number of amides is 1. The molecule has 1 amide bonds. The molecule has 0 saturated carbocycles. The zero-order valence-electron chi connectivity index (χ0n) is 10.5. The van der Waals surface area contributed by atoms with Crippen LogP contribution in [0.5, 0.6) is 0 Å². The van der Waals surface area contributed by atoms with Crippen LogP contribution in [-0.4, -0.2) is 37.7 Å². The first kappa shape index (κ1) is 14.8. The van der Waals surface area contributed by atoms with Crippen LogP contribution in [0.4, 0.5) is 4.79 Å². The Hall–Kier alpha value is -0.580. The lowest BCUT2D eigenvalue weighted by molar-refractivity contribution is 0.175. The van der Waals surface area contributed by atoms with E-state index in [1.807, 2.05) is 18.0 Å². The van der Waals surface area contributed by atoms with E-state index in [4.69, 9.17) is 0 Å². The molecule has 1 aliphatic rings. The van der Waals surface area contributed by atoms with Gasteiger partial charge in [-0.15, -0.1) is 0 Å². The van der Waals surface area contributed by atoms with E-state index in [2.05, 4.69) is 72.4 Å². The van der Waals surface area contributed by atoms with Crippen molar-refractivity contribution < 1.29 is 9.53 Å². The Morgan fingerprint density at radius 1 is 1.47 bits per heavy atom. The van der Waals surface area contributed by atoms with E-state index in [1.165, 1.54) is 19.8 Å². The van der Waals surface area contributed by atoms with Crippen LogP contribution < -0.4 is 5.32 Å². The van der Waals surface area contributed by atoms with E-state index in [0.29, 0.717) is 12.5 Å². The van der Waals surface area contributed by atoms with Crippen LogP contribution >= 0.6 is 45.2 Å². The lowest BCUT2D eigenvalue weighted by Gasteiger charge is -2.25. The molecule has 0 fully saturated rings. The predicted octanol–water partition coefficient (Wildman–Crippen LogP) is 2.59. The van der Waals surface area contributed by atoms with Crippen LogP contribution in [0.3, 0.4) is 0 Å². The third kappa shape index (κ3) is 3.12. The van der Waals surface area contributed by atoms with Crippen molar-refractivity contribution >= 4 is 57.2 Å². The average molecular weight is 485 g/mol. The minimum absolute atomic E-state index is 0.146. The van der Waals surface area contributed by atoms with Crippen molar-refractivity contribution in [3.8, 4) is 0 Å². The first-order chi connectivity index (χ1) is 9.04. The maximum Gasteiger partial charge on any atom is 0.413 e. The van der Waals surface area contributed by atoms with E-state index in [9.17, 15) is 4.79 Å². The quantitative estimate of drug-likeness (QED) is 0.623. The van der Waals surface area contributed by atoms with E-state index in [-0.39, 0.29) is 6.04 Å². The third-order valence-electron chi connectivity index (χ3n) is 2.95. The Balaban J connectivity index is 2.20. The van der Waals surface area contributed by atoms with E-state index >= 15 is 0 Å². The topological polar surface area (TPSA) is 53.9 Å². The molecule has 7 heteroatoms. The molecule has 102 valence electrons. The number of carbonyl (C=O) groups excluding carboxylic acids is 1. The van der Waals surface area contributed by atoms with Gasteiger partial charge in [0, 0.05) is 19.8 Å². The van der Waals surface area contributed by atoms with Crippen LogP contribution in [0.25, 0.3) is 0 Å². The van der Waals surface area contributed by atoms with Crippen molar-refractivity contribution in [2.75, 3.05) is 20.7 Å². The zero-order valence-corrected chi connectivity index (χ0v) is 14.8. The Kier molecular flexibility index (Phi) is 4.87. The lowest BCUT2D eigenvalue weighted by atomic mass is 10.1. The van der Waals surface area contributed by atoms with Crippen molar-refractivity contribution in [1.82, 2.24) is 10.2 Å². The highest BCUT2D eigenvalue weighted by molar-refractivity contribution is 14.1. The molecule has 1 heterocycles. The predicted molar refractivity (Wildman–Crippen MR) is 90.2 cm³/mol. The highest BCUT2D eigenvalue weighted by atomic mass is 127. The van der Waals surface area contributed by atoms with Crippen molar-refractivity contribution in [2.45, 2.75) is 6.04 Å². The summed E-state index contributed by atoms with van der Waals surface area (Å²) in [6.45, 7) is 0.631. The van der Waals surface area contributed by atoms with Gasteiger partial charge in [0.2, 0.25) is 5.96 Å². The fourth-order valence-corrected chi connectivity index (χ4v) is 4.17. The molecule has 1 N–H and O–H groups in total. The number of halogens is 2. The Bertz CT molecular complexity index is 513. The first-order valence-corrected chi connectivity index (χ1v) is 7.76. The molecule has 0 radical (unpaired) electrons. The number of hydrogen-bond donors (Lipinski definition) is 1. The Morgan fingerprint density at radius 3 is 2.68 bits per heavy atom. The van der Waals surface area contributed by atoms with Gasteiger partial charge in [0.1, 0.15) is 0 Å². The van der Waals surface area contributed by atoms with Crippen LogP contribution in [0, 0.1) is 7.14 Å². The normalized spacial score (nSPS) is 18.2. The smallest absolute Gasteiger partial charge is 0.413 e. The number of ether oxygens (including phenoxy) is 1. The van der Waals surface area contributed by atoms with Crippen molar-refractivity contribution in [1.29, 1.82) is 0 Å². The number of rotatable bonds is 1. The van der Waals surface area contributed by atoms with Gasteiger partial charge in [-0.3, -0.25) is 10.3 Å². The maximum atomic E-state index is 11.2. The SMILES string of the molecule is COC(=O)NC1=NCC(c2c(I)cccc2I)N1C. The Labute approximate surface area is 139 Å². The largest absolute Gasteiger partial charge is 0.453 e. The van der Waals surface area contributed by atoms with Crippen LogP contribution in [0.2, 0.25) is 0 Å². The Morgan fingerprint density at radius 2 is 2.11 bits per heavy atom. The number of nitrogens with zero attached hydrogens (tertiary/aromatic N) is 2. The second kappa shape index (κ2) is 6.25. The minimum Gasteiger partial charge on any atom is -0.453 e. The van der Waals surface area contributed by atoms with Crippen molar-refractivity contribution in [3.63, 3.8) is 0 Å². The second-order valence-electron chi connectivity index (χ2n) is 4.04. The van der Waals surface area contributed by atoms with Gasteiger partial charge in [-0.05, 0) is 57.3 Å². The number of aliphatic imine (C=N–C) groups is 1. The minimum atomic E-state index is -0.497. The molecular weight excluding hydrogens is 472 g/mol. The fraction of sp³-hybridized carbons (Fsp3) is 0.333. The van der Waals surface area contributed by atoms with Crippen molar-refractivity contribution in [2.24, 2.45) is 4.99 Å². The van der Waals surface area contributed by atoms with Gasteiger partial charge in [0.15, 0.2) is 0 Å². The number of alkyl carbamates (subject to hydrolysis) is 1. The van der Waals surface area contributed by atoms with Gasteiger partial charge in [-0.1, -0.05) is 6.07 Å². The second-order valence-corrected chi connectivity index (χ2v) is 6.37. The summed E-state index contributed by atoms with van der Waals surface area (Å²) >= 11 is 4.66. The summed E-state index contributed by atoms with van der Waals surface area (Å²) in [6, 6.07) is 6.35. The number of guanidine groups is 1. The number of methoxy groups -OCH3 is 1. The molecule has 1 atom stereocenters. The van der Waals surface area contributed by atoms with Gasteiger partial charge >= 0.3 is 6.09 Å². The van der Waals surface area contributed by atoms with Crippen LogP contribution in [0.1, 0.15) is 11.6 Å². The molecule has 1 aromatic carbocycles. The highest BCUT2D eigenvalue weighted by Gasteiger charge is 2.29. The summed E-state index contributed by atoms with van der Waals surface area (Å²) in [5.41, 5.74) is 1.25. The summed E-state index contributed by atoms with van der Waals surface area (Å²) in [5, 5.41) is 2.63. The number of benzene rings is 1. The van der Waals surface area contributed by atoms with Crippen molar-refractivity contribution in [3.05, 3.63) is 30.9 Å². The lowest BCUT2D eigenvalue weighted by Crippen LogP contribution is -2.40. The summed E-state index contributed by atoms with van der Waals surface area (Å²) < 4.78 is 7.00. The first-order valence-electron chi connectivity index (χ1n) is 5.60. The highest BCUT2D eigenvalue weighted by Crippen LogP contribution is 2.31. The molecule has 0 aliphatic carbocycles. The summed E-state index contributed by atoms with van der Waals surface area (Å²) in [6.07, 6.45) is -0.497. The molecule has 0 bridgehead atoms. The zero-order chi connectivity index (χ0) is 14.0. The molecule has 0 aromatic heterocycles. The van der Waals surface area contributed by atoms with Gasteiger partial charge in [-0.25, -0.2) is 4.79 Å². The molecule has 2 rings (SSSR count). The van der Waals surface area contributed by atoms with E-state index in [1.54, 1.807) is 0 Å². The number of hydrogen-bond acceptors (Lipinski definition) is 4. The third-order valence-corrected chi connectivity index (χ3v) is 4.83. The van der Waals surface area contributed by atoms with Gasteiger partial charge in [0.25, 0.3) is 0 Å². The monoisotopic (exact) mass is 485 g/mol. The molecule has 0 spiro atoms. The molecule has 5 nitrogen and oxygen atoms in total. The number of carbonyl (C=O) groups is 1. The van der Waals surface area contributed by atoms with Crippen LogP contribution in [0.15, 0.2) is 23.2 Å². The molecular formula is C12H13I2N3O2. The summed E-state index contributed by atoms with van der Waals surface area (Å²) in [5.74, 6) is 0.548. The summed E-state index contributed by atoms with van der Waals surface area (Å²) in [4.78, 5) is 17.6. The molecule has 1 unspecified atom stereocenters. The molecule has 1 aromatic rings. The average Bonchev–Trinajstić information content (AvgIpc) is 2.71. The molecule has 0 saturated heterocycles. The van der Waals surface area contributed by atoms with E-state index < -0.39 is 6.09 Å². The van der Waals surface area contributed by atoms with Gasteiger partial charge in [-0.2, -0.15) is 0 Å². The molecule has 1 aliphatic heterocycles. The standard InChI is InChI=1S/C12H13I2N3O2/c1-17-9(6-15-11(17)16-12(18)19-2)10-7(13)4-3-5-8(10)14/h3-5,9H,6H2,1-2H3,(H,15,16,18). The number of likely N-dealkylation sites (N-methyl/N-ethyl adjacent to an activating group) is 1. The van der Waals surface area contributed by atoms with Gasteiger partial charge < -0.3 is 9.64 Å². The summed E-state index contributed by atoms with van der Waals surface area (Å²) in [7, 11) is 3.26. The van der Waals surface area contributed by atoms with Crippen LogP contribution in [-0.2, 0) is 4.74 Å². The molecule has 19 heavy (non-hydrogen) atoms. The van der Waals surface area contributed by atoms with Gasteiger partial charge in [0.05, 0.1) is 19.7 Å².